The van der Waals surface area contributed by atoms with Gasteiger partial charge in [0, 0.05) is 44.8 Å². The quantitative estimate of drug-likeness (QED) is 0.798. The molecule has 0 bridgehead atoms. The zero-order chi connectivity index (χ0) is 16.2. The van der Waals surface area contributed by atoms with E-state index in [1.54, 1.807) is 7.11 Å². The number of hydrogen-bond acceptors (Lipinski definition) is 5. The minimum absolute atomic E-state index is 0. The van der Waals surface area contributed by atoms with Gasteiger partial charge >= 0.3 is 0 Å². The van der Waals surface area contributed by atoms with Crippen LogP contribution in [0.1, 0.15) is 12.0 Å². The van der Waals surface area contributed by atoms with Crippen LogP contribution in [0.15, 0.2) is 24.3 Å². The monoisotopic (exact) mass is 391 g/mol. The lowest BCUT2D eigenvalue weighted by Gasteiger charge is -2.36. The number of carbonyl (C=O) groups is 1. The smallest absolute Gasteiger partial charge is 0.239 e. The number of piperazine rings is 1. The minimum Gasteiger partial charge on any atom is -0.496 e. The Morgan fingerprint density at radius 3 is 2.52 bits per heavy atom. The van der Waals surface area contributed by atoms with Gasteiger partial charge < -0.3 is 20.1 Å². The van der Waals surface area contributed by atoms with E-state index in [1.165, 1.54) is 5.56 Å². The number of nitrogens with zero attached hydrogens (tertiary/aromatic N) is 2. The molecular weight excluding hydrogens is 365 g/mol. The summed E-state index contributed by atoms with van der Waals surface area (Å²) in [4.78, 5) is 16.7. The van der Waals surface area contributed by atoms with Crippen LogP contribution in [0, 0.1) is 0 Å². The van der Waals surface area contributed by atoms with Crippen molar-refractivity contribution in [1.29, 1.82) is 0 Å². The van der Waals surface area contributed by atoms with Crippen molar-refractivity contribution >= 4 is 30.7 Å². The van der Waals surface area contributed by atoms with E-state index in [9.17, 15) is 9.90 Å². The second-order valence-corrected chi connectivity index (χ2v) is 6.26. The van der Waals surface area contributed by atoms with Gasteiger partial charge in [-0.2, -0.15) is 0 Å². The Kier molecular flexibility index (Phi) is 8.96. The second kappa shape index (κ2) is 10.2. The fraction of sp³-hybridized carbons (Fsp3) is 0.588. The number of amides is 1. The summed E-state index contributed by atoms with van der Waals surface area (Å²) < 4.78 is 5.40. The van der Waals surface area contributed by atoms with Crippen molar-refractivity contribution in [1.82, 2.24) is 15.1 Å². The predicted molar refractivity (Wildman–Crippen MR) is 102 cm³/mol. The Morgan fingerprint density at radius 2 is 1.92 bits per heavy atom. The molecule has 2 saturated heterocycles. The number of carbonyl (C=O) groups excluding carboxylic acids is 1. The molecule has 25 heavy (non-hydrogen) atoms. The van der Waals surface area contributed by atoms with Gasteiger partial charge in [0.05, 0.1) is 19.3 Å². The third kappa shape index (κ3) is 5.46. The van der Waals surface area contributed by atoms with Crippen molar-refractivity contribution in [3.05, 3.63) is 29.8 Å². The lowest BCUT2D eigenvalue weighted by molar-refractivity contribution is -0.135. The normalized spacial score (nSPS) is 23.5. The van der Waals surface area contributed by atoms with Crippen molar-refractivity contribution in [2.75, 3.05) is 39.8 Å². The van der Waals surface area contributed by atoms with Crippen LogP contribution in [0.25, 0.3) is 0 Å². The summed E-state index contributed by atoms with van der Waals surface area (Å²) in [6, 6.07) is 7.84. The van der Waals surface area contributed by atoms with Crippen LogP contribution in [0.5, 0.6) is 5.75 Å². The van der Waals surface area contributed by atoms with Crippen molar-refractivity contribution in [2.45, 2.75) is 25.1 Å². The van der Waals surface area contributed by atoms with Gasteiger partial charge in [-0.25, -0.2) is 0 Å². The van der Waals surface area contributed by atoms with E-state index in [0.29, 0.717) is 13.0 Å². The van der Waals surface area contributed by atoms with Crippen molar-refractivity contribution in [3.63, 3.8) is 0 Å². The number of aliphatic hydroxyl groups excluding tert-OH is 1. The molecule has 142 valence electrons. The highest BCUT2D eigenvalue weighted by molar-refractivity contribution is 5.85. The van der Waals surface area contributed by atoms with E-state index >= 15 is 0 Å². The van der Waals surface area contributed by atoms with E-state index in [-0.39, 0.29) is 36.8 Å². The lowest BCUT2D eigenvalue weighted by Crippen LogP contribution is -2.52. The van der Waals surface area contributed by atoms with Crippen molar-refractivity contribution < 1.29 is 14.6 Å². The van der Waals surface area contributed by atoms with Gasteiger partial charge in [0.1, 0.15) is 5.75 Å². The summed E-state index contributed by atoms with van der Waals surface area (Å²) >= 11 is 0. The number of para-hydroxylation sites is 1. The summed E-state index contributed by atoms with van der Waals surface area (Å²) in [5, 5.41) is 12.6. The topological polar surface area (TPSA) is 65.0 Å². The molecule has 2 unspecified atom stereocenters. The Labute approximate surface area is 161 Å². The Hall–Kier alpha value is -1.05. The van der Waals surface area contributed by atoms with Gasteiger partial charge in [0.2, 0.25) is 5.91 Å². The first-order valence-corrected chi connectivity index (χ1v) is 8.22. The number of hydrogen-bond donors (Lipinski definition) is 2. The van der Waals surface area contributed by atoms with Crippen LogP contribution < -0.4 is 10.1 Å². The molecule has 2 aliphatic heterocycles. The van der Waals surface area contributed by atoms with E-state index in [1.807, 2.05) is 23.1 Å². The fourth-order valence-corrected chi connectivity index (χ4v) is 3.33. The standard InChI is InChI=1S/C17H25N3O3.2ClH/c1-23-16-5-3-2-4-13(16)12-19-6-8-20(9-7-19)17(22)15-10-14(21)11-18-15;;/h2-5,14-15,18,21H,6-12H2,1H3;2*1H. The largest absolute Gasteiger partial charge is 0.496 e. The molecule has 2 fully saturated rings. The van der Waals surface area contributed by atoms with Gasteiger partial charge in [-0.3, -0.25) is 9.69 Å². The summed E-state index contributed by atoms with van der Waals surface area (Å²) in [6.07, 6.45) is 0.135. The second-order valence-electron chi connectivity index (χ2n) is 6.26. The SMILES string of the molecule is COc1ccccc1CN1CCN(C(=O)C2CC(O)CN2)CC1.Cl.Cl. The number of halogens is 2. The predicted octanol–water partition coefficient (Wildman–Crippen LogP) is 0.906. The number of ether oxygens (including phenoxy) is 1. The van der Waals surface area contributed by atoms with Gasteiger partial charge in [-0.15, -0.1) is 24.8 Å². The Morgan fingerprint density at radius 1 is 1.24 bits per heavy atom. The molecule has 3 rings (SSSR count). The number of aliphatic hydroxyl groups is 1. The number of β-amino-alcohol motifs (C(OH)–C–C–N with tert-alkyl or cyclic N) is 1. The molecule has 8 heteroatoms. The molecule has 0 aromatic heterocycles. The molecule has 0 saturated carbocycles. The van der Waals surface area contributed by atoms with Crippen LogP contribution in [0.4, 0.5) is 0 Å². The van der Waals surface area contributed by atoms with E-state index in [4.69, 9.17) is 4.74 Å². The molecule has 0 aliphatic carbocycles. The Balaban J connectivity index is 0.00000156. The molecule has 2 heterocycles. The lowest BCUT2D eigenvalue weighted by atomic mass is 10.1. The van der Waals surface area contributed by atoms with Crippen LogP contribution in [0.3, 0.4) is 0 Å². The average Bonchev–Trinajstić information content (AvgIpc) is 3.02. The molecule has 1 amide bonds. The van der Waals surface area contributed by atoms with Crippen LogP contribution in [-0.4, -0.2) is 72.8 Å². The summed E-state index contributed by atoms with van der Waals surface area (Å²) in [7, 11) is 1.69. The summed E-state index contributed by atoms with van der Waals surface area (Å²) in [5.41, 5.74) is 1.18. The molecular formula is C17H27Cl2N3O3. The van der Waals surface area contributed by atoms with E-state index in [2.05, 4.69) is 16.3 Å². The van der Waals surface area contributed by atoms with Gasteiger partial charge in [0.25, 0.3) is 0 Å². The van der Waals surface area contributed by atoms with Crippen LogP contribution in [-0.2, 0) is 11.3 Å². The van der Waals surface area contributed by atoms with E-state index < -0.39 is 6.10 Å². The first-order valence-electron chi connectivity index (χ1n) is 8.22. The molecule has 6 nitrogen and oxygen atoms in total. The fourth-order valence-electron chi connectivity index (χ4n) is 3.33. The maximum absolute atomic E-state index is 12.4. The zero-order valence-corrected chi connectivity index (χ0v) is 16.0. The highest BCUT2D eigenvalue weighted by Crippen LogP contribution is 2.20. The molecule has 1 aromatic carbocycles. The first-order chi connectivity index (χ1) is 11.2. The van der Waals surface area contributed by atoms with Crippen LogP contribution >= 0.6 is 24.8 Å². The third-order valence-electron chi connectivity index (χ3n) is 4.68. The third-order valence-corrected chi connectivity index (χ3v) is 4.68. The van der Waals surface area contributed by atoms with Crippen molar-refractivity contribution in [2.24, 2.45) is 0 Å². The maximum atomic E-state index is 12.4. The highest BCUT2D eigenvalue weighted by Gasteiger charge is 2.32. The van der Waals surface area contributed by atoms with Gasteiger partial charge in [-0.05, 0) is 12.5 Å². The number of methoxy groups -OCH3 is 1. The maximum Gasteiger partial charge on any atom is 0.239 e. The molecule has 2 atom stereocenters. The molecule has 2 N–H and O–H groups in total. The van der Waals surface area contributed by atoms with Crippen LogP contribution in [0.2, 0.25) is 0 Å². The van der Waals surface area contributed by atoms with Gasteiger partial charge in [0.15, 0.2) is 0 Å². The number of benzene rings is 1. The van der Waals surface area contributed by atoms with E-state index in [0.717, 1.165) is 38.5 Å². The number of rotatable bonds is 4. The molecule has 2 aliphatic rings. The summed E-state index contributed by atoms with van der Waals surface area (Å²) in [5.74, 6) is 1.04. The summed E-state index contributed by atoms with van der Waals surface area (Å²) in [6.45, 7) is 4.55. The molecule has 0 spiro atoms. The Bertz CT molecular complexity index is 554. The van der Waals surface area contributed by atoms with Crippen molar-refractivity contribution in [3.8, 4) is 5.75 Å². The molecule has 1 aromatic rings. The average molecular weight is 392 g/mol. The van der Waals surface area contributed by atoms with Gasteiger partial charge in [-0.1, -0.05) is 18.2 Å². The zero-order valence-electron chi connectivity index (χ0n) is 14.4. The minimum atomic E-state index is -0.393. The molecule has 0 radical (unpaired) electrons. The number of nitrogens with one attached hydrogen (secondary N) is 1. The first kappa shape index (κ1) is 22.0. The highest BCUT2D eigenvalue weighted by atomic mass is 35.5.